The number of fused-ring (bicyclic) bond motifs is 1. The molecule has 4 aromatic rings. The lowest BCUT2D eigenvalue weighted by atomic mass is 10.0. The van der Waals surface area contributed by atoms with Crippen LogP contribution in [0.5, 0.6) is 0 Å². The summed E-state index contributed by atoms with van der Waals surface area (Å²) in [5, 5.41) is 14.7. The molecule has 0 saturated heterocycles. The Hall–Kier alpha value is -3.53. The van der Waals surface area contributed by atoms with Crippen molar-refractivity contribution < 1.29 is 9.90 Å². The molecular weight excluding hydrogens is 430 g/mol. The highest BCUT2D eigenvalue weighted by molar-refractivity contribution is 7.19. The SMILES string of the molecule is Cc1nn(-c2ccncc2)c(C)c1Cc1sc2c(c1C(=O)O)c(=O)n(C)c(=O)n2C(C)C. The molecule has 0 amide bonds. The van der Waals surface area contributed by atoms with Gasteiger partial charge < -0.3 is 5.11 Å². The third kappa shape index (κ3) is 3.27. The molecule has 32 heavy (non-hydrogen) atoms. The van der Waals surface area contributed by atoms with Gasteiger partial charge in [-0.1, -0.05) is 0 Å². The summed E-state index contributed by atoms with van der Waals surface area (Å²) in [5.41, 5.74) is 2.27. The molecule has 0 fully saturated rings. The molecule has 0 bridgehead atoms. The molecule has 1 N–H and O–H groups in total. The normalized spacial score (nSPS) is 11.6. The Morgan fingerprint density at radius 3 is 2.44 bits per heavy atom. The molecule has 0 saturated carbocycles. The van der Waals surface area contributed by atoms with Gasteiger partial charge in [-0.15, -0.1) is 11.3 Å². The van der Waals surface area contributed by atoms with Crippen molar-refractivity contribution in [2.75, 3.05) is 0 Å². The number of aromatic nitrogens is 5. The van der Waals surface area contributed by atoms with Crippen molar-refractivity contribution in [3.8, 4) is 5.69 Å². The molecule has 0 unspecified atom stereocenters. The average Bonchev–Trinajstić information content (AvgIpc) is 3.25. The van der Waals surface area contributed by atoms with Crippen molar-refractivity contribution in [2.45, 2.75) is 40.2 Å². The van der Waals surface area contributed by atoms with Crippen molar-refractivity contribution in [3.05, 3.63) is 72.8 Å². The van der Waals surface area contributed by atoms with E-state index in [1.165, 1.54) is 23.0 Å². The van der Waals surface area contributed by atoms with E-state index in [1.807, 2.05) is 39.8 Å². The van der Waals surface area contributed by atoms with Gasteiger partial charge in [-0.3, -0.25) is 18.9 Å². The third-order valence-corrected chi connectivity index (χ3v) is 6.80. The number of aromatic carboxylic acids is 1. The molecule has 0 aliphatic rings. The minimum atomic E-state index is -1.19. The Morgan fingerprint density at radius 2 is 1.84 bits per heavy atom. The number of hydrogen-bond donors (Lipinski definition) is 1. The first kappa shape index (κ1) is 21.7. The Bertz CT molecular complexity index is 1470. The largest absolute Gasteiger partial charge is 0.478 e. The Kier molecular flexibility index (Phi) is 5.33. The summed E-state index contributed by atoms with van der Waals surface area (Å²) in [7, 11) is 1.37. The van der Waals surface area contributed by atoms with Gasteiger partial charge in [0, 0.05) is 48.0 Å². The summed E-state index contributed by atoms with van der Waals surface area (Å²) in [6, 6.07) is 3.45. The van der Waals surface area contributed by atoms with Gasteiger partial charge in [-0.25, -0.2) is 14.3 Å². The van der Waals surface area contributed by atoms with E-state index in [1.54, 1.807) is 17.1 Å². The fourth-order valence-electron chi connectivity index (χ4n) is 3.97. The van der Waals surface area contributed by atoms with Gasteiger partial charge >= 0.3 is 11.7 Å². The second-order valence-corrected chi connectivity index (χ2v) is 9.02. The molecule has 4 rings (SSSR count). The molecule has 0 atom stereocenters. The highest BCUT2D eigenvalue weighted by Gasteiger charge is 2.27. The molecule has 166 valence electrons. The fourth-order valence-corrected chi connectivity index (χ4v) is 5.39. The Balaban J connectivity index is 1.97. The predicted molar refractivity (Wildman–Crippen MR) is 122 cm³/mol. The maximum atomic E-state index is 12.9. The summed E-state index contributed by atoms with van der Waals surface area (Å²) in [4.78, 5) is 42.8. The fraction of sp³-hybridized carbons (Fsp3) is 0.318. The van der Waals surface area contributed by atoms with Crippen LogP contribution in [0.25, 0.3) is 15.9 Å². The first-order chi connectivity index (χ1) is 15.1. The maximum Gasteiger partial charge on any atom is 0.337 e. The standard InChI is InChI=1S/C22H23N5O4S/c1-11(2)26-20-18(19(28)25(5)22(26)31)17(21(29)30)16(32-20)10-15-12(3)24-27(13(15)4)14-6-8-23-9-7-14/h6-9,11H,10H2,1-5H3,(H,29,30). The second kappa shape index (κ2) is 7.86. The molecule has 0 radical (unpaired) electrons. The Labute approximate surface area is 187 Å². The molecule has 0 aliphatic heterocycles. The van der Waals surface area contributed by atoms with Crippen molar-refractivity contribution in [2.24, 2.45) is 7.05 Å². The lowest BCUT2D eigenvalue weighted by Crippen LogP contribution is -2.38. The minimum absolute atomic E-state index is 0.0459. The van der Waals surface area contributed by atoms with E-state index in [2.05, 4.69) is 10.1 Å². The van der Waals surface area contributed by atoms with Crippen LogP contribution in [0, 0.1) is 13.8 Å². The van der Waals surface area contributed by atoms with E-state index in [0.29, 0.717) is 16.1 Å². The van der Waals surface area contributed by atoms with Crippen LogP contribution in [0.15, 0.2) is 34.1 Å². The van der Waals surface area contributed by atoms with E-state index >= 15 is 0 Å². The number of pyridine rings is 1. The molecule has 0 aromatic carbocycles. The number of carboxylic acid groups (broad SMARTS) is 1. The topological polar surface area (TPSA) is 112 Å². The van der Waals surface area contributed by atoms with E-state index in [9.17, 15) is 19.5 Å². The third-order valence-electron chi connectivity index (χ3n) is 5.61. The summed E-state index contributed by atoms with van der Waals surface area (Å²) in [6.45, 7) is 7.46. The summed E-state index contributed by atoms with van der Waals surface area (Å²) >= 11 is 1.18. The van der Waals surface area contributed by atoms with E-state index in [0.717, 1.165) is 27.2 Å². The number of hydrogen-bond acceptors (Lipinski definition) is 6. The minimum Gasteiger partial charge on any atom is -0.478 e. The smallest absolute Gasteiger partial charge is 0.337 e. The van der Waals surface area contributed by atoms with Crippen LogP contribution >= 0.6 is 11.3 Å². The summed E-state index contributed by atoms with van der Waals surface area (Å²) in [5.74, 6) is -1.19. The lowest BCUT2D eigenvalue weighted by Gasteiger charge is -2.12. The molecule has 4 aromatic heterocycles. The van der Waals surface area contributed by atoms with Crippen LogP contribution in [0.3, 0.4) is 0 Å². The number of thiophene rings is 1. The zero-order valence-electron chi connectivity index (χ0n) is 18.4. The number of aryl methyl sites for hydroxylation is 1. The molecular formula is C22H23N5O4S. The predicted octanol–water partition coefficient (Wildman–Crippen LogP) is 2.83. The van der Waals surface area contributed by atoms with Gasteiger partial charge in [-0.05, 0) is 39.8 Å². The second-order valence-electron chi connectivity index (χ2n) is 7.94. The van der Waals surface area contributed by atoms with Gasteiger partial charge in [0.15, 0.2) is 0 Å². The number of rotatable bonds is 5. The van der Waals surface area contributed by atoms with Gasteiger partial charge in [0.05, 0.1) is 22.3 Å². The zero-order valence-corrected chi connectivity index (χ0v) is 19.2. The van der Waals surface area contributed by atoms with Crippen LogP contribution in [0.2, 0.25) is 0 Å². The number of nitrogens with zero attached hydrogens (tertiary/aromatic N) is 5. The first-order valence-corrected chi connectivity index (χ1v) is 10.9. The molecule has 10 heteroatoms. The van der Waals surface area contributed by atoms with Crippen LogP contribution in [-0.2, 0) is 13.5 Å². The Morgan fingerprint density at radius 1 is 1.19 bits per heavy atom. The van der Waals surface area contributed by atoms with Gasteiger partial charge in [0.2, 0.25) is 0 Å². The number of carboxylic acids is 1. The van der Waals surface area contributed by atoms with Crippen LogP contribution in [0.1, 0.15) is 52.1 Å². The molecule has 9 nitrogen and oxygen atoms in total. The van der Waals surface area contributed by atoms with Crippen molar-refractivity contribution in [1.29, 1.82) is 0 Å². The van der Waals surface area contributed by atoms with Crippen molar-refractivity contribution >= 4 is 27.5 Å². The highest BCUT2D eigenvalue weighted by Crippen LogP contribution is 2.33. The molecule has 4 heterocycles. The molecule has 0 spiro atoms. The summed E-state index contributed by atoms with van der Waals surface area (Å²) < 4.78 is 4.25. The zero-order chi connectivity index (χ0) is 23.3. The first-order valence-electron chi connectivity index (χ1n) is 10.1. The highest BCUT2D eigenvalue weighted by atomic mass is 32.1. The van der Waals surface area contributed by atoms with Crippen molar-refractivity contribution in [1.82, 2.24) is 23.9 Å². The van der Waals surface area contributed by atoms with Gasteiger partial charge in [0.1, 0.15) is 4.83 Å². The van der Waals surface area contributed by atoms with Gasteiger partial charge in [-0.2, -0.15) is 5.10 Å². The number of carbonyl (C=O) groups is 1. The van der Waals surface area contributed by atoms with Crippen LogP contribution < -0.4 is 11.2 Å². The van der Waals surface area contributed by atoms with Crippen molar-refractivity contribution in [3.63, 3.8) is 0 Å². The average molecular weight is 454 g/mol. The summed E-state index contributed by atoms with van der Waals surface area (Å²) in [6.07, 6.45) is 3.65. The van der Waals surface area contributed by atoms with Crippen LogP contribution in [0.4, 0.5) is 0 Å². The monoisotopic (exact) mass is 453 g/mol. The maximum absolute atomic E-state index is 12.9. The molecule has 0 aliphatic carbocycles. The van der Waals surface area contributed by atoms with Gasteiger partial charge in [0.25, 0.3) is 5.56 Å². The lowest BCUT2D eigenvalue weighted by molar-refractivity contribution is 0.0698. The van der Waals surface area contributed by atoms with Crippen LogP contribution in [-0.4, -0.2) is 35.0 Å². The van der Waals surface area contributed by atoms with E-state index in [-0.39, 0.29) is 17.0 Å². The quantitative estimate of drug-likeness (QED) is 0.497. The van der Waals surface area contributed by atoms with E-state index in [4.69, 9.17) is 0 Å². The van der Waals surface area contributed by atoms with E-state index < -0.39 is 17.2 Å².